The van der Waals surface area contributed by atoms with Crippen molar-refractivity contribution in [1.29, 1.82) is 0 Å². The molecule has 2 aromatic carbocycles. The Hall–Kier alpha value is -1.23. The molecule has 6 heteroatoms. The zero-order valence-electron chi connectivity index (χ0n) is 11.0. The van der Waals surface area contributed by atoms with Crippen LogP contribution in [0.4, 0.5) is 11.4 Å². The summed E-state index contributed by atoms with van der Waals surface area (Å²) in [5, 5.41) is 7.06. The van der Waals surface area contributed by atoms with E-state index in [9.17, 15) is 4.79 Å². The van der Waals surface area contributed by atoms with E-state index in [2.05, 4.69) is 26.6 Å². The Labute approximate surface area is 141 Å². The van der Waals surface area contributed by atoms with Gasteiger partial charge in [0.2, 0.25) is 5.91 Å². The molecule has 2 rings (SSSR count). The number of benzene rings is 2. The molecule has 1 amide bonds. The lowest BCUT2D eigenvalue weighted by Crippen LogP contribution is -2.16. The van der Waals surface area contributed by atoms with Crippen LogP contribution in [-0.4, -0.2) is 12.5 Å². The summed E-state index contributed by atoms with van der Waals surface area (Å²) in [6.07, 6.45) is 0.347. The summed E-state index contributed by atoms with van der Waals surface area (Å²) in [6, 6.07) is 12.6. The Morgan fingerprint density at radius 1 is 1.00 bits per heavy atom. The molecule has 110 valence electrons. The molecule has 0 aliphatic heterocycles. The Morgan fingerprint density at radius 3 is 2.24 bits per heavy atom. The van der Waals surface area contributed by atoms with Gasteiger partial charge in [-0.1, -0.05) is 39.1 Å². The molecule has 2 N–H and O–H groups in total. The number of anilines is 2. The summed E-state index contributed by atoms with van der Waals surface area (Å²) in [7, 11) is 0. The van der Waals surface area contributed by atoms with Crippen LogP contribution in [0.2, 0.25) is 10.0 Å². The number of hydrogen-bond donors (Lipinski definition) is 2. The van der Waals surface area contributed by atoms with E-state index in [1.54, 1.807) is 18.2 Å². The highest BCUT2D eigenvalue weighted by Crippen LogP contribution is 2.22. The minimum absolute atomic E-state index is 0.0575. The first-order chi connectivity index (χ1) is 10.0. The number of nitrogens with one attached hydrogen (secondary N) is 2. The molecule has 21 heavy (non-hydrogen) atoms. The Balaban J connectivity index is 1.80. The average Bonchev–Trinajstić information content (AvgIpc) is 2.40. The van der Waals surface area contributed by atoms with Gasteiger partial charge in [-0.2, -0.15) is 0 Å². The predicted octanol–water partition coefficient (Wildman–Crippen LogP) is 5.20. The maximum Gasteiger partial charge on any atom is 0.226 e. The normalized spacial score (nSPS) is 10.2. The van der Waals surface area contributed by atoms with Crippen molar-refractivity contribution in [3.63, 3.8) is 0 Å². The van der Waals surface area contributed by atoms with Crippen LogP contribution in [-0.2, 0) is 4.79 Å². The molecule has 3 nitrogen and oxygen atoms in total. The van der Waals surface area contributed by atoms with Crippen LogP contribution in [0.5, 0.6) is 0 Å². The fourth-order valence-electron chi connectivity index (χ4n) is 1.73. The van der Waals surface area contributed by atoms with E-state index in [1.165, 1.54) is 0 Å². The van der Waals surface area contributed by atoms with E-state index in [-0.39, 0.29) is 5.91 Å². The molecule has 0 unspecified atom stereocenters. The minimum atomic E-state index is -0.0575. The van der Waals surface area contributed by atoms with Crippen molar-refractivity contribution in [2.24, 2.45) is 0 Å². The molecule has 0 aliphatic carbocycles. The van der Waals surface area contributed by atoms with E-state index in [0.717, 1.165) is 15.8 Å². The third kappa shape index (κ3) is 5.58. The third-order valence-corrected chi connectivity index (χ3v) is 3.64. The summed E-state index contributed by atoms with van der Waals surface area (Å²) in [5.74, 6) is -0.0575. The molecule has 0 spiro atoms. The quantitative estimate of drug-likeness (QED) is 0.740. The van der Waals surface area contributed by atoms with Crippen LogP contribution >= 0.6 is 39.1 Å². The van der Waals surface area contributed by atoms with Gasteiger partial charge in [0.1, 0.15) is 0 Å². The van der Waals surface area contributed by atoms with Gasteiger partial charge in [0.25, 0.3) is 0 Å². The molecule has 0 atom stereocenters. The Kier molecular flexibility index (Phi) is 5.91. The first-order valence-electron chi connectivity index (χ1n) is 6.28. The van der Waals surface area contributed by atoms with E-state index in [4.69, 9.17) is 23.2 Å². The minimum Gasteiger partial charge on any atom is -0.384 e. The summed E-state index contributed by atoms with van der Waals surface area (Å²) < 4.78 is 0.972. The largest absolute Gasteiger partial charge is 0.384 e. The molecule has 2 aromatic rings. The van der Waals surface area contributed by atoms with Crippen molar-refractivity contribution in [3.8, 4) is 0 Å². The van der Waals surface area contributed by atoms with Gasteiger partial charge < -0.3 is 10.6 Å². The van der Waals surface area contributed by atoms with Gasteiger partial charge in [0.05, 0.1) is 0 Å². The van der Waals surface area contributed by atoms with Gasteiger partial charge >= 0.3 is 0 Å². The second kappa shape index (κ2) is 7.69. The van der Waals surface area contributed by atoms with Gasteiger partial charge in [-0.25, -0.2) is 0 Å². The fraction of sp³-hybridized carbons (Fsp3) is 0.133. The maximum absolute atomic E-state index is 11.8. The highest BCUT2D eigenvalue weighted by atomic mass is 79.9. The number of carbonyl (C=O) groups excluding carboxylic acids is 1. The molecule has 0 aliphatic rings. The molecule has 0 heterocycles. The van der Waals surface area contributed by atoms with Crippen LogP contribution in [0, 0.1) is 0 Å². The predicted molar refractivity (Wildman–Crippen MR) is 92.3 cm³/mol. The number of amides is 1. The first-order valence-corrected chi connectivity index (χ1v) is 7.83. The van der Waals surface area contributed by atoms with Crippen LogP contribution in [0.3, 0.4) is 0 Å². The standard InChI is InChI=1S/C15H13BrCl2N2O/c16-10-1-3-13(4-2-10)20-15(21)5-6-19-14-8-11(17)7-12(18)9-14/h1-4,7-9,19H,5-6H2,(H,20,21). The molecule has 0 aromatic heterocycles. The van der Waals surface area contributed by atoms with Crippen molar-refractivity contribution < 1.29 is 4.79 Å². The number of halogens is 3. The summed E-state index contributed by atoms with van der Waals surface area (Å²) >= 11 is 15.2. The lowest BCUT2D eigenvalue weighted by atomic mass is 10.3. The second-order valence-electron chi connectivity index (χ2n) is 4.39. The van der Waals surface area contributed by atoms with Gasteiger partial charge in [-0.05, 0) is 42.5 Å². The van der Waals surface area contributed by atoms with Gasteiger partial charge in [0.15, 0.2) is 0 Å². The fourth-order valence-corrected chi connectivity index (χ4v) is 2.52. The Bertz CT molecular complexity index is 612. The van der Waals surface area contributed by atoms with Crippen LogP contribution in [0.15, 0.2) is 46.9 Å². The SMILES string of the molecule is O=C(CCNc1cc(Cl)cc(Cl)c1)Nc1ccc(Br)cc1. The lowest BCUT2D eigenvalue weighted by Gasteiger charge is -2.08. The van der Waals surface area contributed by atoms with Crippen molar-refractivity contribution in [3.05, 3.63) is 57.0 Å². The molecule has 0 fully saturated rings. The number of hydrogen-bond acceptors (Lipinski definition) is 2. The van der Waals surface area contributed by atoms with Gasteiger partial charge in [0, 0.05) is 38.9 Å². The molecule has 0 saturated heterocycles. The summed E-state index contributed by atoms with van der Waals surface area (Å²) in [4.78, 5) is 11.8. The van der Waals surface area contributed by atoms with E-state index in [1.807, 2.05) is 24.3 Å². The van der Waals surface area contributed by atoms with E-state index >= 15 is 0 Å². The zero-order chi connectivity index (χ0) is 15.2. The number of rotatable bonds is 5. The van der Waals surface area contributed by atoms with Crippen LogP contribution in [0.1, 0.15) is 6.42 Å². The topological polar surface area (TPSA) is 41.1 Å². The van der Waals surface area contributed by atoms with Crippen LogP contribution < -0.4 is 10.6 Å². The zero-order valence-corrected chi connectivity index (χ0v) is 14.1. The summed E-state index contributed by atoms with van der Waals surface area (Å²) in [6.45, 7) is 0.499. The highest BCUT2D eigenvalue weighted by Gasteiger charge is 2.03. The van der Waals surface area contributed by atoms with Crippen LogP contribution in [0.25, 0.3) is 0 Å². The van der Waals surface area contributed by atoms with Crippen molar-refractivity contribution in [2.45, 2.75) is 6.42 Å². The maximum atomic E-state index is 11.8. The van der Waals surface area contributed by atoms with Crippen molar-refractivity contribution in [2.75, 3.05) is 17.2 Å². The molecule has 0 radical (unpaired) electrons. The molecular weight excluding hydrogens is 375 g/mol. The average molecular weight is 388 g/mol. The third-order valence-electron chi connectivity index (χ3n) is 2.67. The Morgan fingerprint density at radius 2 is 1.62 bits per heavy atom. The highest BCUT2D eigenvalue weighted by molar-refractivity contribution is 9.10. The number of carbonyl (C=O) groups is 1. The smallest absolute Gasteiger partial charge is 0.226 e. The first kappa shape index (κ1) is 16.1. The van der Waals surface area contributed by atoms with Gasteiger partial charge in [-0.3, -0.25) is 4.79 Å². The molecule has 0 saturated carbocycles. The lowest BCUT2D eigenvalue weighted by molar-refractivity contribution is -0.115. The second-order valence-corrected chi connectivity index (χ2v) is 6.18. The van der Waals surface area contributed by atoms with Gasteiger partial charge in [-0.15, -0.1) is 0 Å². The molecule has 0 bridgehead atoms. The molecular formula is C15H13BrCl2N2O. The van der Waals surface area contributed by atoms with E-state index in [0.29, 0.717) is 23.0 Å². The summed E-state index contributed by atoms with van der Waals surface area (Å²) in [5.41, 5.74) is 1.57. The van der Waals surface area contributed by atoms with Crippen molar-refractivity contribution in [1.82, 2.24) is 0 Å². The van der Waals surface area contributed by atoms with E-state index < -0.39 is 0 Å². The monoisotopic (exact) mass is 386 g/mol. The van der Waals surface area contributed by atoms with Crippen molar-refractivity contribution >= 4 is 56.4 Å².